The first kappa shape index (κ1) is 20.1. The quantitative estimate of drug-likeness (QED) is 0.578. The summed E-state index contributed by atoms with van der Waals surface area (Å²) in [6, 6.07) is 4.56. The van der Waals surface area contributed by atoms with E-state index < -0.39 is 23.8 Å². The van der Waals surface area contributed by atoms with E-state index in [2.05, 4.69) is 20.9 Å². The van der Waals surface area contributed by atoms with Crippen molar-refractivity contribution in [2.24, 2.45) is 5.92 Å². The van der Waals surface area contributed by atoms with Gasteiger partial charge in [-0.2, -0.15) is 0 Å². The second-order valence-corrected chi connectivity index (χ2v) is 8.97. The van der Waals surface area contributed by atoms with Crippen LogP contribution in [0.2, 0.25) is 0 Å². The van der Waals surface area contributed by atoms with Crippen LogP contribution in [-0.4, -0.2) is 78.2 Å². The van der Waals surface area contributed by atoms with Crippen LogP contribution in [0.25, 0.3) is 0 Å². The molecule has 1 unspecified atom stereocenters. The van der Waals surface area contributed by atoms with Gasteiger partial charge in [0, 0.05) is 44.3 Å². The lowest BCUT2D eigenvalue weighted by Gasteiger charge is -2.38. The van der Waals surface area contributed by atoms with Crippen LogP contribution in [0.3, 0.4) is 0 Å². The number of nitrogens with one attached hydrogen (secondary N) is 3. The van der Waals surface area contributed by atoms with Gasteiger partial charge in [-0.1, -0.05) is 0 Å². The monoisotopic (exact) mass is 425 g/mol. The molecule has 1 aromatic rings. The Hall–Kier alpha value is -2.78. The van der Waals surface area contributed by atoms with Crippen LogP contribution in [-0.2, 0) is 9.59 Å². The summed E-state index contributed by atoms with van der Waals surface area (Å²) in [5, 5.41) is 9.07. The molecule has 3 N–H and O–H groups in total. The molecule has 2 atom stereocenters. The zero-order valence-corrected chi connectivity index (χ0v) is 17.4. The van der Waals surface area contributed by atoms with Crippen molar-refractivity contribution < 1.29 is 19.2 Å². The Labute approximate surface area is 180 Å². The Bertz CT molecular complexity index is 944. The highest BCUT2D eigenvalue weighted by molar-refractivity contribution is 6.23. The average molecular weight is 425 g/mol. The lowest BCUT2D eigenvalue weighted by molar-refractivity contribution is -0.136. The second-order valence-electron chi connectivity index (χ2n) is 8.97. The van der Waals surface area contributed by atoms with Crippen molar-refractivity contribution in [1.82, 2.24) is 20.4 Å². The van der Waals surface area contributed by atoms with E-state index in [-0.39, 0.29) is 18.7 Å². The van der Waals surface area contributed by atoms with E-state index in [1.54, 1.807) is 12.1 Å². The van der Waals surface area contributed by atoms with E-state index >= 15 is 0 Å². The van der Waals surface area contributed by atoms with Gasteiger partial charge in [0.2, 0.25) is 11.8 Å². The molecular weight excluding hydrogens is 398 g/mol. The van der Waals surface area contributed by atoms with Crippen LogP contribution in [0.1, 0.15) is 46.4 Å². The molecule has 0 radical (unpaired) electrons. The number of amides is 4. The van der Waals surface area contributed by atoms with Crippen molar-refractivity contribution in [2.75, 3.05) is 38.0 Å². The minimum atomic E-state index is -0.936. The van der Waals surface area contributed by atoms with Gasteiger partial charge >= 0.3 is 0 Å². The largest absolute Gasteiger partial charge is 0.381 e. The Morgan fingerprint density at radius 1 is 1.03 bits per heavy atom. The Morgan fingerprint density at radius 3 is 2.58 bits per heavy atom. The number of imide groups is 2. The molecule has 1 aromatic carbocycles. The van der Waals surface area contributed by atoms with E-state index in [9.17, 15) is 19.2 Å². The summed E-state index contributed by atoms with van der Waals surface area (Å²) >= 11 is 0. The third-order valence-corrected chi connectivity index (χ3v) is 6.70. The number of fused-ring (bicyclic) bond motifs is 1. The van der Waals surface area contributed by atoms with Gasteiger partial charge in [0.25, 0.3) is 11.8 Å². The summed E-state index contributed by atoms with van der Waals surface area (Å²) in [4.78, 5) is 52.9. The van der Waals surface area contributed by atoms with Crippen molar-refractivity contribution in [2.45, 2.75) is 37.8 Å². The van der Waals surface area contributed by atoms with E-state index in [0.717, 1.165) is 62.1 Å². The topological polar surface area (TPSA) is 111 Å². The number of anilines is 1. The minimum Gasteiger partial charge on any atom is -0.381 e. The van der Waals surface area contributed by atoms with Crippen LogP contribution in [0.4, 0.5) is 5.69 Å². The molecular formula is C22H27N5O4. The molecule has 4 aliphatic rings. The van der Waals surface area contributed by atoms with Gasteiger partial charge in [-0.3, -0.25) is 29.4 Å². The molecule has 9 heteroatoms. The second kappa shape index (κ2) is 8.05. The van der Waals surface area contributed by atoms with Crippen molar-refractivity contribution in [3.63, 3.8) is 0 Å². The predicted octanol–water partition coefficient (Wildman–Crippen LogP) is 0.184. The van der Waals surface area contributed by atoms with E-state index in [1.165, 1.54) is 0 Å². The Morgan fingerprint density at radius 2 is 1.84 bits per heavy atom. The molecule has 4 heterocycles. The predicted molar refractivity (Wildman–Crippen MR) is 113 cm³/mol. The van der Waals surface area contributed by atoms with Gasteiger partial charge < -0.3 is 15.5 Å². The molecule has 31 heavy (non-hydrogen) atoms. The number of hydrogen-bond acceptors (Lipinski definition) is 7. The highest BCUT2D eigenvalue weighted by Gasteiger charge is 2.44. The Kier molecular flexibility index (Phi) is 5.23. The van der Waals surface area contributed by atoms with Crippen LogP contribution in [0.15, 0.2) is 18.2 Å². The number of likely N-dealkylation sites (tertiary alicyclic amines) is 1. The molecule has 3 saturated heterocycles. The third-order valence-electron chi connectivity index (χ3n) is 6.70. The highest BCUT2D eigenvalue weighted by Crippen LogP contribution is 2.30. The summed E-state index contributed by atoms with van der Waals surface area (Å²) in [7, 11) is 0. The van der Waals surface area contributed by atoms with Gasteiger partial charge in [0.15, 0.2) is 0 Å². The molecule has 0 spiro atoms. The van der Waals surface area contributed by atoms with Crippen LogP contribution < -0.4 is 16.0 Å². The number of piperidine rings is 2. The summed E-state index contributed by atoms with van der Waals surface area (Å²) in [6.07, 6.45) is 2.47. The van der Waals surface area contributed by atoms with E-state index in [1.807, 2.05) is 6.07 Å². The van der Waals surface area contributed by atoms with Crippen molar-refractivity contribution >= 4 is 29.3 Å². The van der Waals surface area contributed by atoms with Crippen LogP contribution in [0.5, 0.6) is 0 Å². The molecule has 9 nitrogen and oxygen atoms in total. The zero-order chi connectivity index (χ0) is 21.5. The first-order chi connectivity index (χ1) is 15.0. The average Bonchev–Trinajstić information content (AvgIpc) is 2.96. The first-order valence-electron chi connectivity index (χ1n) is 11.0. The maximum Gasteiger partial charge on any atom is 0.262 e. The molecule has 4 amide bonds. The van der Waals surface area contributed by atoms with Crippen LogP contribution >= 0.6 is 0 Å². The molecule has 0 aliphatic carbocycles. The van der Waals surface area contributed by atoms with Gasteiger partial charge in [-0.25, -0.2) is 0 Å². The fourth-order valence-corrected chi connectivity index (χ4v) is 4.98. The number of benzene rings is 1. The molecule has 3 fully saturated rings. The fraction of sp³-hybridized carbons (Fsp3) is 0.545. The van der Waals surface area contributed by atoms with Gasteiger partial charge in [0.1, 0.15) is 6.04 Å². The molecule has 0 bridgehead atoms. The maximum atomic E-state index is 13.0. The zero-order valence-electron chi connectivity index (χ0n) is 17.4. The molecule has 5 rings (SSSR count). The molecule has 0 saturated carbocycles. The van der Waals surface area contributed by atoms with E-state index in [0.29, 0.717) is 17.2 Å². The minimum absolute atomic E-state index is 0.117. The summed E-state index contributed by atoms with van der Waals surface area (Å²) < 4.78 is 0. The van der Waals surface area contributed by atoms with Crippen LogP contribution in [0, 0.1) is 5.92 Å². The number of hydrogen-bond donors (Lipinski definition) is 3. The first-order valence-corrected chi connectivity index (χ1v) is 11.0. The Balaban J connectivity index is 1.27. The lowest BCUT2D eigenvalue weighted by Crippen LogP contribution is -2.54. The fourth-order valence-electron chi connectivity index (χ4n) is 4.98. The normalized spacial score (nSPS) is 27.2. The maximum absolute atomic E-state index is 13.0. The van der Waals surface area contributed by atoms with Gasteiger partial charge in [-0.05, 0) is 49.9 Å². The number of carbonyl (C=O) groups excluding carboxylic acids is 4. The molecule has 4 aliphatic heterocycles. The van der Waals surface area contributed by atoms with Crippen molar-refractivity contribution in [3.05, 3.63) is 29.3 Å². The number of rotatable bonds is 5. The number of carbonyl (C=O) groups is 4. The van der Waals surface area contributed by atoms with E-state index in [4.69, 9.17) is 0 Å². The van der Waals surface area contributed by atoms with Gasteiger partial charge in [0.05, 0.1) is 11.1 Å². The van der Waals surface area contributed by atoms with Crippen molar-refractivity contribution in [3.8, 4) is 0 Å². The van der Waals surface area contributed by atoms with Gasteiger partial charge in [-0.15, -0.1) is 0 Å². The summed E-state index contributed by atoms with van der Waals surface area (Å²) in [5.74, 6) is -1.17. The summed E-state index contributed by atoms with van der Waals surface area (Å²) in [5.41, 5.74) is 1.43. The lowest BCUT2D eigenvalue weighted by atomic mass is 9.99. The van der Waals surface area contributed by atoms with Crippen molar-refractivity contribution in [1.29, 1.82) is 0 Å². The molecule has 0 aromatic heterocycles. The number of nitrogens with zero attached hydrogens (tertiary/aromatic N) is 2. The smallest absolute Gasteiger partial charge is 0.262 e. The third kappa shape index (κ3) is 3.83. The standard InChI is InChI=1S/C22H27N5O4/c28-19-6-5-18(20(29)25-19)27-21(30)16-4-3-14(8-17(16)22(27)31)24-15-2-1-7-26(12-15)11-13-9-23-10-13/h3-4,8,13,15,18,23-24H,1-2,5-7,9-12H2,(H,25,28,29)/t15-,18?/m1/s1. The molecule has 164 valence electrons. The summed E-state index contributed by atoms with van der Waals surface area (Å²) in [6.45, 7) is 5.39. The SMILES string of the molecule is O=C1CCC(N2C(=O)c3ccc(N[C@@H]4CCCN(CC5CNC5)C4)cc3C2=O)C(=O)N1. The highest BCUT2D eigenvalue weighted by atomic mass is 16.2.